The van der Waals surface area contributed by atoms with E-state index < -0.39 is 5.60 Å². The van der Waals surface area contributed by atoms with Crippen molar-refractivity contribution < 1.29 is 9.53 Å². The SMILES string of the molecule is CSc1nc2c(c(N3CCN(C(=O)OC(C)(C)C)[C@@H](CC#N)C3)n1)CCc1ccc(Br)cc1-2. The highest BCUT2D eigenvalue weighted by Gasteiger charge is 2.35. The number of nitriles is 1. The average molecular weight is 530 g/mol. The molecule has 1 aliphatic heterocycles. The van der Waals surface area contributed by atoms with E-state index in [-0.39, 0.29) is 18.6 Å². The number of benzene rings is 1. The summed E-state index contributed by atoms with van der Waals surface area (Å²) in [6.45, 7) is 7.21. The summed E-state index contributed by atoms with van der Waals surface area (Å²) in [6, 6.07) is 8.35. The molecule has 1 amide bonds. The molecule has 1 saturated heterocycles. The zero-order valence-electron chi connectivity index (χ0n) is 19.4. The van der Waals surface area contributed by atoms with Gasteiger partial charge in [-0.05, 0) is 57.6 Å². The van der Waals surface area contributed by atoms with Crippen molar-refractivity contribution in [3.8, 4) is 17.3 Å². The number of nitrogens with zero attached hydrogens (tertiary/aromatic N) is 5. The Labute approximate surface area is 207 Å². The molecule has 2 aliphatic rings. The van der Waals surface area contributed by atoms with Crippen LogP contribution < -0.4 is 4.90 Å². The van der Waals surface area contributed by atoms with E-state index in [0.717, 1.165) is 45.1 Å². The topological polar surface area (TPSA) is 82.4 Å². The summed E-state index contributed by atoms with van der Waals surface area (Å²) in [5.41, 5.74) is 3.98. The fourth-order valence-electron chi connectivity index (χ4n) is 4.39. The second-order valence-electron chi connectivity index (χ2n) is 9.30. The van der Waals surface area contributed by atoms with Gasteiger partial charge in [0.1, 0.15) is 11.4 Å². The van der Waals surface area contributed by atoms with Gasteiger partial charge in [-0.15, -0.1) is 0 Å². The maximum Gasteiger partial charge on any atom is 0.410 e. The molecular weight excluding hydrogens is 502 g/mol. The number of fused-ring (bicyclic) bond motifs is 3. The number of rotatable bonds is 3. The number of thioether (sulfide) groups is 1. The number of halogens is 1. The fraction of sp³-hybridized carbons (Fsp3) is 0.500. The molecule has 1 aromatic heterocycles. The second kappa shape index (κ2) is 9.51. The quantitative estimate of drug-likeness (QED) is 0.405. The number of carbonyl (C=O) groups is 1. The van der Waals surface area contributed by atoms with Gasteiger partial charge in [-0.3, -0.25) is 0 Å². The molecule has 7 nitrogen and oxygen atoms in total. The van der Waals surface area contributed by atoms with Crippen LogP contribution in [0, 0.1) is 11.3 Å². The maximum absolute atomic E-state index is 12.8. The van der Waals surface area contributed by atoms with Crippen molar-refractivity contribution in [1.82, 2.24) is 14.9 Å². The first-order valence-corrected chi connectivity index (χ1v) is 13.1. The van der Waals surface area contributed by atoms with Crippen LogP contribution in [0.1, 0.15) is 38.3 Å². The van der Waals surface area contributed by atoms with Gasteiger partial charge in [-0.25, -0.2) is 14.8 Å². The number of piperazine rings is 1. The Kier molecular flexibility index (Phi) is 6.87. The van der Waals surface area contributed by atoms with Crippen molar-refractivity contribution in [3.05, 3.63) is 33.8 Å². The normalized spacial score (nSPS) is 17.8. The van der Waals surface area contributed by atoms with Crippen molar-refractivity contribution in [1.29, 1.82) is 5.26 Å². The summed E-state index contributed by atoms with van der Waals surface area (Å²) in [4.78, 5) is 26.5. The predicted molar refractivity (Wildman–Crippen MR) is 134 cm³/mol. The van der Waals surface area contributed by atoms with Crippen molar-refractivity contribution >= 4 is 39.6 Å². The lowest BCUT2D eigenvalue weighted by Crippen LogP contribution is -2.56. The minimum Gasteiger partial charge on any atom is -0.444 e. The van der Waals surface area contributed by atoms with Gasteiger partial charge in [0.05, 0.1) is 24.2 Å². The third kappa shape index (κ3) is 5.12. The molecule has 33 heavy (non-hydrogen) atoms. The molecule has 1 atom stereocenters. The zero-order chi connectivity index (χ0) is 23.8. The van der Waals surface area contributed by atoms with E-state index in [0.29, 0.717) is 19.6 Å². The van der Waals surface area contributed by atoms with E-state index in [9.17, 15) is 10.1 Å². The molecule has 9 heteroatoms. The van der Waals surface area contributed by atoms with Gasteiger partial charge in [0, 0.05) is 35.2 Å². The Hall–Kier alpha value is -2.31. The van der Waals surface area contributed by atoms with Crippen LogP contribution in [0.25, 0.3) is 11.3 Å². The Morgan fingerprint density at radius 2 is 2.09 bits per heavy atom. The zero-order valence-corrected chi connectivity index (χ0v) is 21.8. The number of carbonyl (C=O) groups excluding carboxylic acids is 1. The number of amides is 1. The minimum atomic E-state index is -0.577. The van der Waals surface area contributed by atoms with Gasteiger partial charge in [0.25, 0.3) is 0 Å². The molecule has 0 spiro atoms. The predicted octanol–water partition coefficient (Wildman–Crippen LogP) is 5.07. The summed E-state index contributed by atoms with van der Waals surface area (Å²) in [5.74, 6) is 0.918. The van der Waals surface area contributed by atoms with Crippen molar-refractivity contribution in [3.63, 3.8) is 0 Å². The smallest absolute Gasteiger partial charge is 0.410 e. The highest BCUT2D eigenvalue weighted by molar-refractivity contribution is 9.10. The lowest BCUT2D eigenvalue weighted by molar-refractivity contribution is 0.0145. The summed E-state index contributed by atoms with van der Waals surface area (Å²) in [6.07, 6.45) is 3.66. The number of ether oxygens (including phenoxy) is 1. The molecule has 174 valence electrons. The first-order chi connectivity index (χ1) is 15.7. The molecule has 0 unspecified atom stereocenters. The van der Waals surface area contributed by atoms with Crippen molar-refractivity contribution in [2.45, 2.75) is 56.8 Å². The Morgan fingerprint density at radius 3 is 2.79 bits per heavy atom. The fourth-order valence-corrected chi connectivity index (χ4v) is 5.11. The van der Waals surface area contributed by atoms with Crippen LogP contribution in [0.2, 0.25) is 0 Å². The standard InChI is InChI=1S/C24H28BrN5O2S/c1-24(2,3)32-23(31)30-12-11-29(14-17(30)9-10-26)21-18-8-6-15-5-7-16(25)13-19(15)20(18)27-22(28-21)33-4/h5,7,13,17H,6,8-9,11-12,14H2,1-4H3/t17-/m0/s1. The van der Waals surface area contributed by atoms with Gasteiger partial charge in [-0.1, -0.05) is 33.8 Å². The average Bonchev–Trinajstić information content (AvgIpc) is 2.77. The summed E-state index contributed by atoms with van der Waals surface area (Å²) in [7, 11) is 0. The van der Waals surface area contributed by atoms with Crippen LogP contribution in [0.3, 0.4) is 0 Å². The van der Waals surface area contributed by atoms with Gasteiger partial charge < -0.3 is 14.5 Å². The summed E-state index contributed by atoms with van der Waals surface area (Å²) in [5, 5.41) is 10.2. The molecule has 0 radical (unpaired) electrons. The van der Waals surface area contributed by atoms with E-state index in [4.69, 9.17) is 14.7 Å². The Balaban J connectivity index is 1.68. The second-order valence-corrected chi connectivity index (χ2v) is 11.0. The number of aromatic nitrogens is 2. The molecule has 0 saturated carbocycles. The van der Waals surface area contributed by atoms with Crippen LogP contribution in [-0.4, -0.2) is 58.5 Å². The summed E-state index contributed by atoms with van der Waals surface area (Å²) >= 11 is 5.12. The summed E-state index contributed by atoms with van der Waals surface area (Å²) < 4.78 is 6.63. The first kappa shape index (κ1) is 23.8. The van der Waals surface area contributed by atoms with Crippen LogP contribution in [0.5, 0.6) is 0 Å². The molecule has 2 heterocycles. The Morgan fingerprint density at radius 1 is 1.30 bits per heavy atom. The minimum absolute atomic E-state index is 0.244. The number of anilines is 1. The van der Waals surface area contributed by atoms with E-state index >= 15 is 0 Å². The lowest BCUT2D eigenvalue weighted by Gasteiger charge is -2.42. The molecule has 1 fully saturated rings. The largest absolute Gasteiger partial charge is 0.444 e. The van der Waals surface area contributed by atoms with Gasteiger partial charge in [-0.2, -0.15) is 5.26 Å². The third-order valence-corrected chi connectivity index (χ3v) is 6.90. The third-order valence-electron chi connectivity index (χ3n) is 5.86. The first-order valence-electron chi connectivity index (χ1n) is 11.1. The molecule has 1 aliphatic carbocycles. The van der Waals surface area contributed by atoms with Gasteiger partial charge in [0.15, 0.2) is 5.16 Å². The van der Waals surface area contributed by atoms with Crippen LogP contribution in [0.4, 0.5) is 10.6 Å². The molecule has 4 rings (SSSR count). The van der Waals surface area contributed by atoms with Crippen LogP contribution >= 0.6 is 27.7 Å². The molecule has 0 N–H and O–H groups in total. The van der Waals surface area contributed by atoms with Crippen molar-refractivity contribution in [2.24, 2.45) is 0 Å². The van der Waals surface area contributed by atoms with E-state index in [1.54, 1.807) is 4.90 Å². The number of hydrogen-bond acceptors (Lipinski definition) is 7. The molecule has 0 bridgehead atoms. The number of hydrogen-bond donors (Lipinski definition) is 0. The van der Waals surface area contributed by atoms with E-state index in [1.165, 1.54) is 17.3 Å². The van der Waals surface area contributed by atoms with Crippen LogP contribution in [-0.2, 0) is 17.6 Å². The van der Waals surface area contributed by atoms with E-state index in [1.807, 2.05) is 27.0 Å². The maximum atomic E-state index is 12.8. The lowest BCUT2D eigenvalue weighted by atomic mass is 9.89. The van der Waals surface area contributed by atoms with Gasteiger partial charge in [0.2, 0.25) is 0 Å². The molecular formula is C24H28BrN5O2S. The Bertz CT molecular complexity index is 1110. The molecule has 1 aromatic carbocycles. The van der Waals surface area contributed by atoms with Crippen LogP contribution in [0.15, 0.2) is 27.8 Å². The highest BCUT2D eigenvalue weighted by atomic mass is 79.9. The van der Waals surface area contributed by atoms with Gasteiger partial charge >= 0.3 is 6.09 Å². The molecule has 2 aromatic rings. The number of aryl methyl sites for hydroxylation is 1. The van der Waals surface area contributed by atoms with E-state index in [2.05, 4.69) is 45.1 Å². The van der Waals surface area contributed by atoms with Crippen molar-refractivity contribution in [2.75, 3.05) is 30.8 Å². The monoisotopic (exact) mass is 529 g/mol. The highest BCUT2D eigenvalue weighted by Crippen LogP contribution is 2.39.